The maximum atomic E-state index is 12.0. The molecule has 9 heteroatoms. The van der Waals surface area contributed by atoms with Crippen LogP contribution in [0.1, 0.15) is 42.4 Å². The van der Waals surface area contributed by atoms with Gasteiger partial charge in [0.05, 0.1) is 4.88 Å². The first-order valence-electron chi connectivity index (χ1n) is 9.90. The van der Waals surface area contributed by atoms with Crippen LogP contribution in [0.25, 0.3) is 10.7 Å². The summed E-state index contributed by atoms with van der Waals surface area (Å²) in [5, 5.41) is 16.1. The number of thiophene rings is 1. The molecule has 1 amide bonds. The second kappa shape index (κ2) is 8.71. The largest absolute Gasteiger partial charge is 0.360 e. The SMILES string of the molecule is CCC1CCc2sc(-c3nnc(SCCC(=O)Nc4cc(C)on4)n3C)cc2C1. The number of nitrogens with one attached hydrogen (secondary N) is 1. The Kier molecular flexibility index (Phi) is 6.05. The predicted octanol–water partition coefficient (Wildman–Crippen LogP) is 4.48. The van der Waals surface area contributed by atoms with Crippen LogP contribution in [0, 0.1) is 12.8 Å². The Morgan fingerprint density at radius 3 is 3.03 bits per heavy atom. The highest BCUT2D eigenvalue weighted by molar-refractivity contribution is 7.99. The number of anilines is 1. The molecule has 1 atom stereocenters. The van der Waals surface area contributed by atoms with Gasteiger partial charge in [-0.15, -0.1) is 21.5 Å². The van der Waals surface area contributed by atoms with E-state index < -0.39 is 0 Å². The lowest BCUT2D eigenvalue weighted by atomic mass is 9.87. The fourth-order valence-electron chi connectivity index (χ4n) is 3.58. The Balaban J connectivity index is 1.35. The highest BCUT2D eigenvalue weighted by Gasteiger charge is 2.22. The number of rotatable bonds is 7. The van der Waals surface area contributed by atoms with Crippen LogP contribution in [-0.2, 0) is 24.7 Å². The Labute approximate surface area is 178 Å². The molecule has 1 unspecified atom stereocenters. The zero-order valence-electron chi connectivity index (χ0n) is 16.9. The minimum atomic E-state index is -0.0930. The fourth-order valence-corrected chi connectivity index (χ4v) is 5.66. The van der Waals surface area contributed by atoms with E-state index >= 15 is 0 Å². The van der Waals surface area contributed by atoms with Crippen LogP contribution in [0.5, 0.6) is 0 Å². The van der Waals surface area contributed by atoms with Crippen molar-refractivity contribution in [2.24, 2.45) is 13.0 Å². The molecule has 0 aromatic carbocycles. The van der Waals surface area contributed by atoms with Crippen LogP contribution in [0.4, 0.5) is 5.82 Å². The molecular weight excluding hydrogens is 406 g/mol. The third-order valence-corrected chi connectivity index (χ3v) is 7.53. The quantitative estimate of drug-likeness (QED) is 0.555. The zero-order valence-corrected chi connectivity index (χ0v) is 18.5. The molecule has 29 heavy (non-hydrogen) atoms. The third kappa shape index (κ3) is 4.56. The molecule has 1 N–H and O–H groups in total. The van der Waals surface area contributed by atoms with Gasteiger partial charge in [0, 0.05) is 30.2 Å². The Bertz CT molecular complexity index is 1010. The summed E-state index contributed by atoms with van der Waals surface area (Å²) < 4.78 is 6.98. The van der Waals surface area contributed by atoms with E-state index in [2.05, 4.69) is 33.7 Å². The predicted molar refractivity (Wildman–Crippen MR) is 115 cm³/mol. The number of carbonyl (C=O) groups excluding carboxylic acids is 1. The molecule has 0 radical (unpaired) electrons. The number of hydrogen-bond acceptors (Lipinski definition) is 7. The highest BCUT2D eigenvalue weighted by Crippen LogP contribution is 2.38. The van der Waals surface area contributed by atoms with E-state index in [0.29, 0.717) is 23.8 Å². The summed E-state index contributed by atoms with van der Waals surface area (Å²) in [5.41, 5.74) is 1.49. The Hall–Kier alpha value is -2.13. The second-order valence-electron chi connectivity index (χ2n) is 7.41. The van der Waals surface area contributed by atoms with Crippen molar-refractivity contribution in [3.8, 4) is 10.7 Å². The molecule has 3 aromatic rings. The average Bonchev–Trinajstić information content (AvgIpc) is 3.40. The molecule has 7 nitrogen and oxygen atoms in total. The number of carbonyl (C=O) groups is 1. The Morgan fingerprint density at radius 1 is 1.41 bits per heavy atom. The normalized spacial score (nSPS) is 16.0. The van der Waals surface area contributed by atoms with Crippen molar-refractivity contribution in [1.29, 1.82) is 0 Å². The Morgan fingerprint density at radius 2 is 2.28 bits per heavy atom. The summed E-state index contributed by atoms with van der Waals surface area (Å²) in [4.78, 5) is 14.7. The summed E-state index contributed by atoms with van der Waals surface area (Å²) in [5.74, 6) is 3.36. The van der Waals surface area contributed by atoms with Gasteiger partial charge in [0.15, 0.2) is 16.8 Å². The number of aryl methyl sites for hydroxylation is 2. The van der Waals surface area contributed by atoms with E-state index in [9.17, 15) is 4.79 Å². The standard InChI is InChI=1S/C20H25N5O2S2/c1-4-13-5-6-15-14(10-13)11-16(29-15)19-22-23-20(25(19)3)28-8-7-18(26)21-17-9-12(2)27-24-17/h9,11,13H,4-8,10H2,1-3H3,(H,21,24,26). The average molecular weight is 432 g/mol. The van der Waals surface area contributed by atoms with E-state index in [-0.39, 0.29) is 5.91 Å². The van der Waals surface area contributed by atoms with E-state index in [0.717, 1.165) is 16.9 Å². The molecule has 0 bridgehead atoms. The van der Waals surface area contributed by atoms with E-state index in [1.165, 1.54) is 52.8 Å². The smallest absolute Gasteiger partial charge is 0.226 e. The first kappa shape index (κ1) is 20.2. The van der Waals surface area contributed by atoms with Crippen molar-refractivity contribution in [1.82, 2.24) is 19.9 Å². The summed E-state index contributed by atoms with van der Waals surface area (Å²) in [7, 11) is 1.99. The second-order valence-corrected chi connectivity index (χ2v) is 9.61. The van der Waals surface area contributed by atoms with Gasteiger partial charge in [0.25, 0.3) is 0 Å². The van der Waals surface area contributed by atoms with Gasteiger partial charge in [0.1, 0.15) is 5.76 Å². The molecule has 1 aliphatic rings. The molecule has 0 saturated heterocycles. The lowest BCUT2D eigenvalue weighted by molar-refractivity contribution is -0.115. The number of aromatic nitrogens is 4. The van der Waals surface area contributed by atoms with Gasteiger partial charge in [-0.05, 0) is 43.7 Å². The van der Waals surface area contributed by atoms with Gasteiger partial charge in [-0.1, -0.05) is 30.3 Å². The fraction of sp³-hybridized carbons (Fsp3) is 0.500. The van der Waals surface area contributed by atoms with Crippen molar-refractivity contribution >= 4 is 34.8 Å². The van der Waals surface area contributed by atoms with E-state index in [1.54, 1.807) is 13.0 Å². The first-order chi connectivity index (χ1) is 14.0. The van der Waals surface area contributed by atoms with Crippen LogP contribution in [0.2, 0.25) is 0 Å². The molecule has 4 rings (SSSR count). The summed E-state index contributed by atoms with van der Waals surface area (Å²) in [6, 6.07) is 4.00. The molecular formula is C20H25N5O2S2. The molecule has 1 aliphatic carbocycles. The van der Waals surface area contributed by atoms with Gasteiger partial charge in [-0.25, -0.2) is 0 Å². The van der Waals surface area contributed by atoms with Crippen LogP contribution in [-0.4, -0.2) is 31.6 Å². The minimum Gasteiger partial charge on any atom is -0.360 e. The van der Waals surface area contributed by atoms with Crippen molar-refractivity contribution in [3.63, 3.8) is 0 Å². The summed E-state index contributed by atoms with van der Waals surface area (Å²) in [6.45, 7) is 4.07. The van der Waals surface area contributed by atoms with Crippen molar-refractivity contribution in [3.05, 3.63) is 28.3 Å². The number of hydrogen-bond donors (Lipinski definition) is 1. The first-order valence-corrected chi connectivity index (χ1v) is 11.7. The number of fused-ring (bicyclic) bond motifs is 1. The van der Waals surface area contributed by atoms with Crippen LogP contribution in [0.15, 0.2) is 21.8 Å². The van der Waals surface area contributed by atoms with Gasteiger partial charge in [0.2, 0.25) is 5.91 Å². The lowest BCUT2D eigenvalue weighted by Gasteiger charge is -2.19. The zero-order chi connectivity index (χ0) is 20.4. The van der Waals surface area contributed by atoms with Crippen molar-refractivity contribution in [2.75, 3.05) is 11.1 Å². The maximum Gasteiger partial charge on any atom is 0.226 e. The van der Waals surface area contributed by atoms with Crippen molar-refractivity contribution < 1.29 is 9.32 Å². The summed E-state index contributed by atoms with van der Waals surface area (Å²) >= 11 is 3.38. The molecule has 0 fully saturated rings. The highest BCUT2D eigenvalue weighted by atomic mass is 32.2. The van der Waals surface area contributed by atoms with E-state index in [1.807, 2.05) is 23.0 Å². The molecule has 3 aromatic heterocycles. The van der Waals surface area contributed by atoms with Gasteiger partial charge in [-0.3, -0.25) is 4.79 Å². The number of nitrogens with zero attached hydrogens (tertiary/aromatic N) is 4. The van der Waals surface area contributed by atoms with Gasteiger partial charge < -0.3 is 14.4 Å². The monoisotopic (exact) mass is 431 g/mol. The van der Waals surface area contributed by atoms with Crippen LogP contribution in [0.3, 0.4) is 0 Å². The maximum absolute atomic E-state index is 12.0. The lowest BCUT2D eigenvalue weighted by Crippen LogP contribution is -2.12. The molecule has 0 saturated carbocycles. The van der Waals surface area contributed by atoms with E-state index in [4.69, 9.17) is 4.52 Å². The number of thioether (sulfide) groups is 1. The molecule has 154 valence electrons. The van der Waals surface area contributed by atoms with Gasteiger partial charge >= 0.3 is 0 Å². The molecule has 3 heterocycles. The third-order valence-electron chi connectivity index (χ3n) is 5.27. The number of amides is 1. The topological polar surface area (TPSA) is 85.8 Å². The molecule has 0 aliphatic heterocycles. The summed E-state index contributed by atoms with van der Waals surface area (Å²) in [6.07, 6.45) is 5.27. The van der Waals surface area contributed by atoms with Crippen LogP contribution < -0.4 is 5.32 Å². The molecule has 0 spiro atoms. The van der Waals surface area contributed by atoms with Crippen molar-refractivity contribution in [2.45, 2.75) is 51.1 Å². The van der Waals surface area contributed by atoms with Crippen LogP contribution >= 0.6 is 23.1 Å². The van der Waals surface area contributed by atoms with Gasteiger partial charge in [-0.2, -0.15) is 0 Å². The minimum absolute atomic E-state index is 0.0930.